The van der Waals surface area contributed by atoms with E-state index in [2.05, 4.69) is 40.7 Å². The van der Waals surface area contributed by atoms with Crippen LogP contribution in [-0.4, -0.2) is 51.2 Å². The first-order valence-corrected chi connectivity index (χ1v) is 8.07. The zero-order valence-corrected chi connectivity index (χ0v) is 14.1. The highest BCUT2D eigenvalue weighted by Crippen LogP contribution is 2.23. The number of hydrogen-bond donors (Lipinski definition) is 2. The monoisotopic (exact) mass is 308 g/mol. The van der Waals surface area contributed by atoms with Crippen molar-refractivity contribution >= 4 is 5.91 Å². The summed E-state index contributed by atoms with van der Waals surface area (Å²) in [5, 5.41) is 11.9. The SMILES string of the molecule is CCC[C@H]1CN(Cc2nc(C)c(C)n2C)C[C@@H]1NC(=O)CO. The Labute approximate surface area is 132 Å². The minimum absolute atomic E-state index is 0.127. The molecule has 1 aliphatic rings. The van der Waals surface area contributed by atoms with Crippen molar-refractivity contribution < 1.29 is 9.90 Å². The molecule has 124 valence electrons. The molecular formula is C16H28N4O2. The van der Waals surface area contributed by atoms with Gasteiger partial charge >= 0.3 is 0 Å². The van der Waals surface area contributed by atoms with Crippen molar-refractivity contribution in [2.75, 3.05) is 19.7 Å². The second-order valence-electron chi connectivity index (χ2n) is 6.33. The predicted molar refractivity (Wildman–Crippen MR) is 85.4 cm³/mol. The summed E-state index contributed by atoms with van der Waals surface area (Å²) in [4.78, 5) is 18.5. The maximum absolute atomic E-state index is 11.5. The third-order valence-electron chi connectivity index (χ3n) is 4.74. The molecule has 2 atom stereocenters. The van der Waals surface area contributed by atoms with Gasteiger partial charge in [-0.15, -0.1) is 0 Å². The number of carbonyl (C=O) groups is 1. The van der Waals surface area contributed by atoms with E-state index in [0.717, 1.165) is 44.0 Å². The van der Waals surface area contributed by atoms with Crippen LogP contribution in [0.2, 0.25) is 0 Å². The van der Waals surface area contributed by atoms with E-state index in [0.29, 0.717) is 5.92 Å². The second-order valence-corrected chi connectivity index (χ2v) is 6.33. The number of nitrogens with one attached hydrogen (secondary N) is 1. The van der Waals surface area contributed by atoms with Gasteiger partial charge in [-0.05, 0) is 26.2 Å². The predicted octanol–water partition coefficient (Wildman–Crippen LogP) is 0.746. The van der Waals surface area contributed by atoms with Crippen molar-refractivity contribution in [3.8, 4) is 0 Å². The number of aromatic nitrogens is 2. The summed E-state index contributed by atoms with van der Waals surface area (Å²) in [7, 11) is 2.05. The number of aryl methyl sites for hydroxylation is 1. The molecule has 1 aromatic heterocycles. The Balaban J connectivity index is 2.03. The Kier molecular flexibility index (Phi) is 5.58. The highest BCUT2D eigenvalue weighted by atomic mass is 16.3. The molecule has 0 saturated carbocycles. The van der Waals surface area contributed by atoms with Gasteiger partial charge in [-0.2, -0.15) is 0 Å². The topological polar surface area (TPSA) is 70.4 Å². The minimum atomic E-state index is -0.437. The van der Waals surface area contributed by atoms with E-state index in [9.17, 15) is 4.79 Å². The van der Waals surface area contributed by atoms with Crippen LogP contribution in [0.15, 0.2) is 0 Å². The molecule has 1 saturated heterocycles. The fourth-order valence-electron chi connectivity index (χ4n) is 3.30. The fourth-order valence-corrected chi connectivity index (χ4v) is 3.30. The molecule has 0 aliphatic carbocycles. The van der Waals surface area contributed by atoms with E-state index < -0.39 is 6.61 Å². The molecule has 22 heavy (non-hydrogen) atoms. The van der Waals surface area contributed by atoms with E-state index >= 15 is 0 Å². The molecule has 2 rings (SSSR count). The Morgan fingerprint density at radius 1 is 1.41 bits per heavy atom. The van der Waals surface area contributed by atoms with Crippen LogP contribution in [0.4, 0.5) is 0 Å². The summed E-state index contributed by atoms with van der Waals surface area (Å²) < 4.78 is 2.14. The van der Waals surface area contributed by atoms with Gasteiger partial charge in [0.2, 0.25) is 5.91 Å². The molecule has 0 spiro atoms. The Morgan fingerprint density at radius 3 is 2.68 bits per heavy atom. The van der Waals surface area contributed by atoms with Crippen LogP contribution in [0.25, 0.3) is 0 Å². The molecule has 2 N–H and O–H groups in total. The highest BCUT2D eigenvalue weighted by molar-refractivity contribution is 5.77. The number of aliphatic hydroxyl groups excluding tert-OH is 1. The Bertz CT molecular complexity index is 526. The van der Waals surface area contributed by atoms with Gasteiger partial charge in [0.25, 0.3) is 0 Å². The van der Waals surface area contributed by atoms with E-state index in [1.165, 1.54) is 5.69 Å². The smallest absolute Gasteiger partial charge is 0.245 e. The molecule has 6 heteroatoms. The summed E-state index contributed by atoms with van der Waals surface area (Å²) in [5.41, 5.74) is 2.27. The number of nitrogens with zero attached hydrogens (tertiary/aromatic N) is 3. The normalized spacial score (nSPS) is 22.2. The quantitative estimate of drug-likeness (QED) is 0.813. The van der Waals surface area contributed by atoms with Gasteiger partial charge in [0.1, 0.15) is 12.4 Å². The van der Waals surface area contributed by atoms with Crippen LogP contribution >= 0.6 is 0 Å². The number of likely N-dealkylation sites (tertiary alicyclic amines) is 1. The zero-order chi connectivity index (χ0) is 16.3. The van der Waals surface area contributed by atoms with Gasteiger partial charge in [0.15, 0.2) is 0 Å². The maximum atomic E-state index is 11.5. The molecule has 0 aromatic carbocycles. The van der Waals surface area contributed by atoms with Gasteiger partial charge in [0.05, 0.1) is 12.2 Å². The van der Waals surface area contributed by atoms with Crippen molar-refractivity contribution in [2.45, 2.75) is 46.2 Å². The van der Waals surface area contributed by atoms with Gasteiger partial charge in [-0.1, -0.05) is 13.3 Å². The lowest BCUT2D eigenvalue weighted by Crippen LogP contribution is -2.41. The largest absolute Gasteiger partial charge is 0.387 e. The van der Waals surface area contributed by atoms with Crippen LogP contribution in [0.5, 0.6) is 0 Å². The summed E-state index contributed by atoms with van der Waals surface area (Å²) in [6, 6.07) is 0.127. The molecule has 2 heterocycles. The second kappa shape index (κ2) is 7.24. The molecule has 0 radical (unpaired) electrons. The van der Waals surface area contributed by atoms with Crippen LogP contribution in [-0.2, 0) is 18.4 Å². The summed E-state index contributed by atoms with van der Waals surface area (Å²) in [5.74, 6) is 1.24. The van der Waals surface area contributed by atoms with Crippen LogP contribution in [0.1, 0.15) is 37.0 Å². The van der Waals surface area contributed by atoms with E-state index in [1.54, 1.807) is 0 Å². The molecule has 0 bridgehead atoms. The minimum Gasteiger partial charge on any atom is -0.387 e. The Hall–Kier alpha value is -1.40. The molecule has 1 amide bonds. The number of carbonyl (C=O) groups excluding carboxylic acids is 1. The van der Waals surface area contributed by atoms with Gasteiger partial charge in [0, 0.05) is 31.9 Å². The van der Waals surface area contributed by atoms with Crippen molar-refractivity contribution in [1.82, 2.24) is 19.8 Å². The van der Waals surface area contributed by atoms with Gasteiger partial charge in [-0.25, -0.2) is 4.98 Å². The summed E-state index contributed by atoms with van der Waals surface area (Å²) >= 11 is 0. The first-order chi connectivity index (χ1) is 10.5. The summed E-state index contributed by atoms with van der Waals surface area (Å²) in [6.07, 6.45) is 2.19. The number of imidazole rings is 1. The Morgan fingerprint density at radius 2 is 2.14 bits per heavy atom. The average molecular weight is 308 g/mol. The van der Waals surface area contributed by atoms with Crippen molar-refractivity contribution in [3.05, 3.63) is 17.2 Å². The molecule has 0 unspecified atom stereocenters. The van der Waals surface area contributed by atoms with Crippen LogP contribution in [0, 0.1) is 19.8 Å². The molecular weight excluding hydrogens is 280 g/mol. The van der Waals surface area contributed by atoms with E-state index in [-0.39, 0.29) is 11.9 Å². The number of rotatable bonds is 6. The van der Waals surface area contributed by atoms with Crippen molar-refractivity contribution in [3.63, 3.8) is 0 Å². The van der Waals surface area contributed by atoms with Crippen LogP contribution < -0.4 is 5.32 Å². The van der Waals surface area contributed by atoms with Crippen LogP contribution in [0.3, 0.4) is 0 Å². The fraction of sp³-hybridized carbons (Fsp3) is 0.750. The lowest BCUT2D eigenvalue weighted by molar-refractivity contribution is -0.124. The lowest BCUT2D eigenvalue weighted by Gasteiger charge is -2.18. The van der Waals surface area contributed by atoms with Gasteiger partial charge in [-0.3, -0.25) is 9.69 Å². The third kappa shape index (κ3) is 3.67. The standard InChI is InChI=1S/C16H28N4O2/c1-5-6-13-7-20(8-14(13)18-16(22)10-21)9-15-17-11(2)12(3)19(15)4/h13-14,21H,5-10H2,1-4H3,(H,18,22)/t13-,14-/m0/s1. The number of aliphatic hydroxyl groups is 1. The first-order valence-electron chi connectivity index (χ1n) is 8.07. The lowest BCUT2D eigenvalue weighted by atomic mass is 9.98. The van der Waals surface area contributed by atoms with E-state index in [4.69, 9.17) is 5.11 Å². The maximum Gasteiger partial charge on any atom is 0.245 e. The highest BCUT2D eigenvalue weighted by Gasteiger charge is 2.33. The van der Waals surface area contributed by atoms with Crippen molar-refractivity contribution in [2.24, 2.45) is 13.0 Å². The molecule has 1 aromatic rings. The van der Waals surface area contributed by atoms with E-state index in [1.807, 2.05) is 6.92 Å². The number of amides is 1. The average Bonchev–Trinajstić information content (AvgIpc) is 2.96. The molecule has 1 aliphatic heterocycles. The zero-order valence-electron chi connectivity index (χ0n) is 14.1. The molecule has 1 fully saturated rings. The first kappa shape index (κ1) is 17.0. The molecule has 6 nitrogen and oxygen atoms in total. The summed E-state index contributed by atoms with van der Waals surface area (Å²) in [6.45, 7) is 8.44. The van der Waals surface area contributed by atoms with Gasteiger partial charge < -0.3 is 15.0 Å². The van der Waals surface area contributed by atoms with Crippen molar-refractivity contribution in [1.29, 1.82) is 0 Å². The third-order valence-corrected chi connectivity index (χ3v) is 4.74. The number of hydrogen-bond acceptors (Lipinski definition) is 4.